The molecule has 2 heteroatoms. The monoisotopic (exact) mass is 374 g/mol. The lowest BCUT2D eigenvalue weighted by Gasteiger charge is -2.61. The molecule has 4 aliphatic rings. The Balaban J connectivity index is 1.49. The summed E-state index contributed by atoms with van der Waals surface area (Å²) in [4.78, 5) is 11.6. The van der Waals surface area contributed by atoms with Crippen LogP contribution in [-0.4, -0.2) is 13.1 Å². The van der Waals surface area contributed by atoms with Gasteiger partial charge in [-0.15, -0.1) is 0 Å². The fourth-order valence-electron chi connectivity index (χ4n) is 8.92. The largest absolute Gasteiger partial charge is 0.469 e. The van der Waals surface area contributed by atoms with Gasteiger partial charge in [0, 0.05) is 6.42 Å². The third-order valence-electron chi connectivity index (χ3n) is 10.4. The van der Waals surface area contributed by atoms with Gasteiger partial charge in [0.2, 0.25) is 0 Å². The van der Waals surface area contributed by atoms with Crippen molar-refractivity contribution in [3.8, 4) is 0 Å². The van der Waals surface area contributed by atoms with E-state index >= 15 is 0 Å². The van der Waals surface area contributed by atoms with Crippen molar-refractivity contribution in [3.05, 3.63) is 0 Å². The van der Waals surface area contributed by atoms with Gasteiger partial charge in [0.1, 0.15) is 0 Å². The summed E-state index contributed by atoms with van der Waals surface area (Å²) in [5, 5.41) is 0. The van der Waals surface area contributed by atoms with Gasteiger partial charge in [0.25, 0.3) is 0 Å². The number of esters is 1. The molecule has 8 atom stereocenters. The number of carbonyl (C=O) groups excluding carboxylic acids is 1. The van der Waals surface area contributed by atoms with Crippen molar-refractivity contribution in [1.29, 1.82) is 0 Å². The average Bonchev–Trinajstić information content (AvgIpc) is 3.02. The Bertz CT molecular complexity index is 557. The van der Waals surface area contributed by atoms with Crippen LogP contribution in [0.4, 0.5) is 0 Å². The molecule has 0 aromatic heterocycles. The highest BCUT2D eigenvalue weighted by molar-refractivity contribution is 5.69. The summed E-state index contributed by atoms with van der Waals surface area (Å²) in [5.74, 6) is 5.38. The molecule has 0 aromatic carbocycles. The highest BCUT2D eigenvalue weighted by Gasteiger charge is 2.60. The molecule has 27 heavy (non-hydrogen) atoms. The summed E-state index contributed by atoms with van der Waals surface area (Å²) in [6.45, 7) is 7.73. The molecule has 0 bridgehead atoms. The number of methoxy groups -OCH3 is 1. The zero-order valence-electron chi connectivity index (χ0n) is 18.3. The highest BCUT2D eigenvalue weighted by Crippen LogP contribution is 2.68. The Hall–Kier alpha value is -0.530. The second kappa shape index (κ2) is 7.38. The van der Waals surface area contributed by atoms with E-state index in [1.807, 2.05) is 0 Å². The third-order valence-corrected chi connectivity index (χ3v) is 10.4. The average molecular weight is 375 g/mol. The van der Waals surface area contributed by atoms with Crippen LogP contribution in [-0.2, 0) is 9.53 Å². The van der Waals surface area contributed by atoms with Crippen molar-refractivity contribution in [1.82, 2.24) is 0 Å². The topological polar surface area (TPSA) is 26.3 Å². The van der Waals surface area contributed by atoms with Gasteiger partial charge in [-0.1, -0.05) is 33.6 Å². The Morgan fingerprint density at radius 3 is 2.52 bits per heavy atom. The number of fused-ring (bicyclic) bond motifs is 5. The van der Waals surface area contributed by atoms with Crippen molar-refractivity contribution in [2.75, 3.05) is 7.11 Å². The third kappa shape index (κ3) is 3.18. The fraction of sp³-hybridized carbons (Fsp3) is 0.960. The number of hydrogen-bond donors (Lipinski definition) is 0. The molecule has 0 heterocycles. The molecule has 4 saturated carbocycles. The van der Waals surface area contributed by atoms with E-state index in [0.29, 0.717) is 23.2 Å². The molecule has 0 N–H and O–H groups in total. The second-order valence-corrected chi connectivity index (χ2v) is 11.2. The lowest BCUT2D eigenvalue weighted by molar-refractivity contribution is -0.141. The van der Waals surface area contributed by atoms with Crippen LogP contribution in [0.5, 0.6) is 0 Å². The van der Waals surface area contributed by atoms with E-state index in [4.69, 9.17) is 4.74 Å². The Kier molecular flexibility index (Phi) is 5.40. The van der Waals surface area contributed by atoms with Crippen LogP contribution in [0.1, 0.15) is 97.8 Å². The molecule has 0 aliphatic heterocycles. The molecule has 2 nitrogen and oxygen atoms in total. The molecule has 4 aliphatic carbocycles. The van der Waals surface area contributed by atoms with Crippen LogP contribution in [0.2, 0.25) is 0 Å². The highest BCUT2D eigenvalue weighted by atomic mass is 16.5. The zero-order chi connectivity index (χ0) is 19.2. The number of rotatable bonds is 4. The Labute approximate surface area is 167 Å². The minimum atomic E-state index is -0.0335. The quantitative estimate of drug-likeness (QED) is 0.517. The van der Waals surface area contributed by atoms with E-state index in [-0.39, 0.29) is 5.97 Å². The van der Waals surface area contributed by atoms with Crippen molar-refractivity contribution in [3.63, 3.8) is 0 Å². The van der Waals surface area contributed by atoms with E-state index in [1.54, 1.807) is 0 Å². The van der Waals surface area contributed by atoms with Crippen LogP contribution in [0.25, 0.3) is 0 Å². The maximum Gasteiger partial charge on any atom is 0.305 e. The van der Waals surface area contributed by atoms with Gasteiger partial charge >= 0.3 is 5.97 Å². The molecular weight excluding hydrogens is 332 g/mol. The number of ether oxygens (including phenoxy) is 1. The van der Waals surface area contributed by atoms with Crippen molar-refractivity contribution in [2.45, 2.75) is 97.8 Å². The molecule has 4 rings (SSSR count). The molecule has 0 amide bonds. The lowest BCUT2D eigenvalue weighted by Crippen LogP contribution is -2.53. The maximum atomic E-state index is 11.6. The molecule has 4 fully saturated rings. The van der Waals surface area contributed by atoms with Crippen molar-refractivity contribution in [2.24, 2.45) is 46.3 Å². The van der Waals surface area contributed by atoms with Gasteiger partial charge in [0.05, 0.1) is 7.11 Å². The van der Waals surface area contributed by atoms with E-state index in [9.17, 15) is 4.79 Å². The molecule has 0 saturated heterocycles. The van der Waals surface area contributed by atoms with E-state index in [1.165, 1.54) is 71.3 Å². The van der Waals surface area contributed by atoms with E-state index < -0.39 is 0 Å². The Morgan fingerprint density at radius 2 is 1.74 bits per heavy atom. The van der Waals surface area contributed by atoms with Crippen molar-refractivity contribution >= 4 is 5.97 Å². The maximum absolute atomic E-state index is 11.6. The summed E-state index contributed by atoms with van der Waals surface area (Å²) < 4.78 is 4.89. The lowest BCUT2D eigenvalue weighted by atomic mass is 9.44. The number of hydrogen-bond acceptors (Lipinski definition) is 2. The predicted molar refractivity (Wildman–Crippen MR) is 110 cm³/mol. The SMILES string of the molecule is COC(=O)CCC(C)C1CCC2C3CCC4CCCCC4(C)C3CCC12C. The zero-order valence-corrected chi connectivity index (χ0v) is 18.3. The summed E-state index contributed by atoms with van der Waals surface area (Å²) in [6.07, 6.45) is 16.4. The summed E-state index contributed by atoms with van der Waals surface area (Å²) in [6, 6.07) is 0. The summed E-state index contributed by atoms with van der Waals surface area (Å²) >= 11 is 0. The van der Waals surface area contributed by atoms with Gasteiger partial charge in [-0.05, 0) is 104 Å². The molecule has 0 spiro atoms. The van der Waals surface area contributed by atoms with Crippen LogP contribution in [0.15, 0.2) is 0 Å². The molecule has 154 valence electrons. The molecule has 8 unspecified atom stereocenters. The van der Waals surface area contributed by atoms with E-state index in [0.717, 1.165) is 36.0 Å². The minimum Gasteiger partial charge on any atom is -0.469 e. The first kappa shape index (κ1) is 19.8. The van der Waals surface area contributed by atoms with Gasteiger partial charge in [-0.2, -0.15) is 0 Å². The van der Waals surface area contributed by atoms with Gasteiger partial charge < -0.3 is 4.74 Å². The van der Waals surface area contributed by atoms with Gasteiger partial charge in [-0.25, -0.2) is 0 Å². The number of carbonyl (C=O) groups is 1. The van der Waals surface area contributed by atoms with Crippen LogP contribution >= 0.6 is 0 Å². The van der Waals surface area contributed by atoms with Gasteiger partial charge in [-0.3, -0.25) is 4.79 Å². The first-order valence-electron chi connectivity index (χ1n) is 12.0. The molecule has 0 radical (unpaired) electrons. The predicted octanol–water partition coefficient (Wildman–Crippen LogP) is 6.62. The first-order valence-corrected chi connectivity index (χ1v) is 12.0. The fourth-order valence-corrected chi connectivity index (χ4v) is 8.92. The second-order valence-electron chi connectivity index (χ2n) is 11.2. The summed E-state index contributed by atoms with van der Waals surface area (Å²) in [7, 11) is 1.52. The Morgan fingerprint density at radius 1 is 0.963 bits per heavy atom. The van der Waals surface area contributed by atoms with Gasteiger partial charge in [0.15, 0.2) is 0 Å². The van der Waals surface area contributed by atoms with Crippen LogP contribution in [0, 0.1) is 46.3 Å². The van der Waals surface area contributed by atoms with Crippen LogP contribution in [0.3, 0.4) is 0 Å². The summed E-state index contributed by atoms with van der Waals surface area (Å²) in [5.41, 5.74) is 1.17. The van der Waals surface area contributed by atoms with Crippen molar-refractivity contribution < 1.29 is 9.53 Å². The normalized spacial score (nSPS) is 47.5. The molecular formula is C25H42O2. The minimum absolute atomic E-state index is 0.0335. The first-order chi connectivity index (χ1) is 12.9. The molecule has 0 aromatic rings. The van der Waals surface area contributed by atoms with E-state index in [2.05, 4.69) is 20.8 Å². The standard InChI is InChI=1S/C25H42O2/c1-17(8-13-23(26)27-4)20-11-12-21-19-10-9-18-7-5-6-15-24(18,2)22(19)14-16-25(20,21)3/h17-22H,5-16H2,1-4H3. The van der Waals surface area contributed by atoms with Crippen LogP contribution < -0.4 is 0 Å². The smallest absolute Gasteiger partial charge is 0.305 e.